The summed E-state index contributed by atoms with van der Waals surface area (Å²) in [5.41, 5.74) is 1.11. The molecule has 0 saturated heterocycles. The molecule has 0 aliphatic heterocycles. The fourth-order valence-electron chi connectivity index (χ4n) is 1.79. The average Bonchev–Trinajstić information content (AvgIpc) is 2.50. The number of carbonyl (C=O) groups excluding carboxylic acids is 2. The van der Waals surface area contributed by atoms with Crippen molar-refractivity contribution < 1.29 is 9.59 Å². The quantitative estimate of drug-likeness (QED) is 0.826. The summed E-state index contributed by atoms with van der Waals surface area (Å²) in [4.78, 5) is 23.7. The van der Waals surface area contributed by atoms with Gasteiger partial charge in [-0.3, -0.25) is 9.59 Å². The van der Waals surface area contributed by atoms with E-state index in [0.29, 0.717) is 16.3 Å². The number of carbonyl (C=O) groups is 2. The Balaban J connectivity index is 1.78. The summed E-state index contributed by atoms with van der Waals surface area (Å²) in [6, 6.07) is 14.1. The number of halogens is 2. The summed E-state index contributed by atoms with van der Waals surface area (Å²) in [7, 11) is 0. The molecule has 2 rings (SSSR count). The average molecular weight is 382 g/mol. The smallest absolute Gasteiger partial charge is 0.252 e. The van der Waals surface area contributed by atoms with Crippen molar-refractivity contribution in [2.75, 3.05) is 11.9 Å². The van der Waals surface area contributed by atoms with E-state index < -0.39 is 0 Å². The van der Waals surface area contributed by atoms with Crippen molar-refractivity contribution in [3.63, 3.8) is 0 Å². The maximum Gasteiger partial charge on any atom is 0.252 e. The molecule has 4 nitrogen and oxygen atoms in total. The van der Waals surface area contributed by atoms with Crippen molar-refractivity contribution in [2.24, 2.45) is 0 Å². The summed E-state index contributed by atoms with van der Waals surface area (Å²) >= 11 is 9.26. The van der Waals surface area contributed by atoms with Gasteiger partial charge in [0.25, 0.3) is 5.91 Å². The summed E-state index contributed by atoms with van der Waals surface area (Å²) < 4.78 is 0.942. The van der Waals surface area contributed by atoms with Gasteiger partial charge < -0.3 is 10.6 Å². The Kier molecular flexibility index (Phi) is 5.98. The molecule has 0 spiro atoms. The van der Waals surface area contributed by atoms with Gasteiger partial charge in [0.2, 0.25) is 5.91 Å². The number of nitrogens with one attached hydrogen (secondary N) is 2. The van der Waals surface area contributed by atoms with Crippen molar-refractivity contribution in [1.29, 1.82) is 0 Å². The number of hydrogen-bond donors (Lipinski definition) is 2. The predicted octanol–water partition coefficient (Wildman–Crippen LogP) is 3.86. The molecule has 0 aliphatic rings. The standard InChI is InChI=1S/C16H14BrClN2O2/c17-11-5-7-12(8-6-11)20-15(21)9-10-19-16(22)13-3-1-2-4-14(13)18/h1-8H,9-10H2,(H,19,22)(H,20,21). The Morgan fingerprint density at radius 2 is 1.73 bits per heavy atom. The van der Waals surface area contributed by atoms with Crippen molar-refractivity contribution >= 4 is 45.0 Å². The van der Waals surface area contributed by atoms with E-state index in [1.807, 2.05) is 12.1 Å². The Hall–Kier alpha value is -1.85. The van der Waals surface area contributed by atoms with Crippen LogP contribution in [0, 0.1) is 0 Å². The van der Waals surface area contributed by atoms with Gasteiger partial charge in [0.1, 0.15) is 0 Å². The minimum absolute atomic E-state index is 0.165. The summed E-state index contributed by atoms with van der Waals surface area (Å²) in [5.74, 6) is -0.455. The largest absolute Gasteiger partial charge is 0.351 e. The molecular formula is C16H14BrClN2O2. The van der Waals surface area contributed by atoms with Gasteiger partial charge in [0, 0.05) is 23.1 Å². The topological polar surface area (TPSA) is 58.2 Å². The van der Waals surface area contributed by atoms with Gasteiger partial charge in [-0.15, -0.1) is 0 Å². The van der Waals surface area contributed by atoms with E-state index in [4.69, 9.17) is 11.6 Å². The zero-order chi connectivity index (χ0) is 15.9. The highest BCUT2D eigenvalue weighted by molar-refractivity contribution is 9.10. The lowest BCUT2D eigenvalue weighted by Gasteiger charge is -2.07. The summed E-state index contributed by atoms with van der Waals surface area (Å²) in [6.07, 6.45) is 0.187. The van der Waals surface area contributed by atoms with Crippen LogP contribution in [0.2, 0.25) is 5.02 Å². The molecule has 0 aromatic heterocycles. The van der Waals surface area contributed by atoms with Crippen LogP contribution in [0.15, 0.2) is 53.0 Å². The fourth-order valence-corrected chi connectivity index (χ4v) is 2.27. The van der Waals surface area contributed by atoms with Crippen LogP contribution in [0.3, 0.4) is 0 Å². The molecule has 114 valence electrons. The Morgan fingerprint density at radius 3 is 2.41 bits per heavy atom. The van der Waals surface area contributed by atoms with E-state index in [2.05, 4.69) is 26.6 Å². The first-order valence-corrected chi connectivity index (χ1v) is 7.81. The lowest BCUT2D eigenvalue weighted by atomic mass is 10.2. The van der Waals surface area contributed by atoms with Gasteiger partial charge in [0.05, 0.1) is 10.6 Å². The lowest BCUT2D eigenvalue weighted by molar-refractivity contribution is -0.116. The van der Waals surface area contributed by atoms with Crippen LogP contribution in [0.1, 0.15) is 16.8 Å². The molecule has 2 N–H and O–H groups in total. The van der Waals surface area contributed by atoms with Crippen LogP contribution in [-0.4, -0.2) is 18.4 Å². The van der Waals surface area contributed by atoms with Gasteiger partial charge >= 0.3 is 0 Å². The van der Waals surface area contributed by atoms with E-state index in [1.165, 1.54) is 0 Å². The van der Waals surface area contributed by atoms with E-state index in [1.54, 1.807) is 36.4 Å². The zero-order valence-electron chi connectivity index (χ0n) is 11.6. The van der Waals surface area contributed by atoms with Gasteiger partial charge in [-0.1, -0.05) is 39.7 Å². The third kappa shape index (κ3) is 4.86. The molecule has 0 saturated carbocycles. The Bertz CT molecular complexity index is 674. The van der Waals surface area contributed by atoms with Crippen LogP contribution < -0.4 is 10.6 Å². The highest BCUT2D eigenvalue weighted by Crippen LogP contribution is 2.15. The number of rotatable bonds is 5. The molecular weight excluding hydrogens is 368 g/mol. The number of hydrogen-bond acceptors (Lipinski definition) is 2. The van der Waals surface area contributed by atoms with Crippen molar-refractivity contribution in [1.82, 2.24) is 5.32 Å². The molecule has 0 bridgehead atoms. The van der Waals surface area contributed by atoms with E-state index in [0.717, 1.165) is 4.47 Å². The lowest BCUT2D eigenvalue weighted by Crippen LogP contribution is -2.27. The highest BCUT2D eigenvalue weighted by Gasteiger charge is 2.09. The molecule has 2 amide bonds. The van der Waals surface area contributed by atoms with Crippen molar-refractivity contribution in [3.8, 4) is 0 Å². The summed E-state index contributed by atoms with van der Waals surface area (Å²) in [6.45, 7) is 0.242. The summed E-state index contributed by atoms with van der Waals surface area (Å²) in [5, 5.41) is 5.82. The van der Waals surface area contributed by atoms with Crippen LogP contribution in [-0.2, 0) is 4.79 Å². The molecule has 6 heteroatoms. The van der Waals surface area contributed by atoms with Gasteiger partial charge in [-0.05, 0) is 36.4 Å². The number of amides is 2. The van der Waals surface area contributed by atoms with E-state index >= 15 is 0 Å². The molecule has 0 fully saturated rings. The maximum atomic E-state index is 11.9. The second kappa shape index (κ2) is 7.96. The minimum Gasteiger partial charge on any atom is -0.351 e. The molecule has 0 aliphatic carbocycles. The third-order valence-corrected chi connectivity index (χ3v) is 3.74. The Morgan fingerprint density at radius 1 is 1.05 bits per heavy atom. The van der Waals surface area contributed by atoms with E-state index in [-0.39, 0.29) is 24.8 Å². The van der Waals surface area contributed by atoms with Gasteiger partial charge in [-0.25, -0.2) is 0 Å². The van der Waals surface area contributed by atoms with Crippen LogP contribution in [0.25, 0.3) is 0 Å². The first-order chi connectivity index (χ1) is 10.6. The van der Waals surface area contributed by atoms with Crippen molar-refractivity contribution in [2.45, 2.75) is 6.42 Å². The predicted molar refractivity (Wildman–Crippen MR) is 91.2 cm³/mol. The number of benzene rings is 2. The van der Waals surface area contributed by atoms with E-state index in [9.17, 15) is 9.59 Å². The second-order valence-corrected chi connectivity index (χ2v) is 5.86. The van der Waals surface area contributed by atoms with Crippen LogP contribution >= 0.6 is 27.5 Å². The molecule has 0 heterocycles. The molecule has 0 unspecified atom stereocenters. The fraction of sp³-hybridized carbons (Fsp3) is 0.125. The van der Waals surface area contributed by atoms with Crippen LogP contribution in [0.4, 0.5) is 5.69 Å². The van der Waals surface area contributed by atoms with Gasteiger partial charge in [-0.2, -0.15) is 0 Å². The molecule has 2 aromatic rings. The Labute approximate surface area is 142 Å². The molecule has 0 atom stereocenters. The number of anilines is 1. The zero-order valence-corrected chi connectivity index (χ0v) is 13.9. The molecule has 0 radical (unpaired) electrons. The van der Waals surface area contributed by atoms with Crippen molar-refractivity contribution in [3.05, 3.63) is 63.6 Å². The SMILES string of the molecule is O=C(CCNC(=O)c1ccccc1Cl)Nc1ccc(Br)cc1. The minimum atomic E-state index is -0.290. The third-order valence-electron chi connectivity index (χ3n) is 2.88. The first-order valence-electron chi connectivity index (χ1n) is 6.64. The maximum absolute atomic E-state index is 11.9. The first kappa shape index (κ1) is 16.5. The molecule has 22 heavy (non-hydrogen) atoms. The second-order valence-electron chi connectivity index (χ2n) is 4.54. The molecule has 2 aromatic carbocycles. The monoisotopic (exact) mass is 380 g/mol. The van der Waals surface area contributed by atoms with Gasteiger partial charge in [0.15, 0.2) is 0 Å². The van der Waals surface area contributed by atoms with Crippen LogP contribution in [0.5, 0.6) is 0 Å². The highest BCUT2D eigenvalue weighted by atomic mass is 79.9. The normalized spacial score (nSPS) is 10.1.